The molecule has 0 saturated heterocycles. The molecular formula is C8H14N4O3. The fourth-order valence-electron chi connectivity index (χ4n) is 1.19. The molecule has 7 nitrogen and oxygen atoms in total. The summed E-state index contributed by atoms with van der Waals surface area (Å²) in [4.78, 5) is 13.1. The number of aromatic amines is 1. The van der Waals surface area contributed by atoms with E-state index in [0.717, 1.165) is 0 Å². The maximum absolute atomic E-state index is 11.8. The monoisotopic (exact) mass is 214 g/mol. The van der Waals surface area contributed by atoms with Crippen molar-refractivity contribution >= 4 is 11.7 Å². The van der Waals surface area contributed by atoms with Crippen LogP contribution in [0.3, 0.4) is 0 Å². The molecule has 0 bridgehead atoms. The van der Waals surface area contributed by atoms with E-state index in [4.69, 9.17) is 15.9 Å². The molecule has 5 N–H and O–H groups in total. The van der Waals surface area contributed by atoms with Gasteiger partial charge in [0.1, 0.15) is 11.4 Å². The van der Waals surface area contributed by atoms with Crippen LogP contribution in [0.5, 0.6) is 0 Å². The Morgan fingerprint density at radius 2 is 2.07 bits per heavy atom. The van der Waals surface area contributed by atoms with Crippen LogP contribution in [-0.2, 0) is 0 Å². The number of nitrogens with one attached hydrogen (secondary N) is 1. The van der Waals surface area contributed by atoms with Crippen molar-refractivity contribution in [3.63, 3.8) is 0 Å². The lowest BCUT2D eigenvalue weighted by Crippen LogP contribution is -2.36. The largest absolute Gasteiger partial charge is 0.395 e. The SMILES string of the molecule is Nc1[nH]ncc1C(=O)N(CCO)CCO. The predicted molar refractivity (Wildman–Crippen MR) is 53.1 cm³/mol. The summed E-state index contributed by atoms with van der Waals surface area (Å²) in [7, 11) is 0. The van der Waals surface area contributed by atoms with E-state index in [2.05, 4.69) is 10.2 Å². The van der Waals surface area contributed by atoms with Crippen molar-refractivity contribution in [1.29, 1.82) is 0 Å². The number of aromatic nitrogens is 2. The van der Waals surface area contributed by atoms with E-state index in [1.165, 1.54) is 11.1 Å². The van der Waals surface area contributed by atoms with Gasteiger partial charge in [-0.25, -0.2) is 0 Å². The summed E-state index contributed by atoms with van der Waals surface area (Å²) < 4.78 is 0. The van der Waals surface area contributed by atoms with Gasteiger partial charge in [0.05, 0.1) is 19.4 Å². The van der Waals surface area contributed by atoms with Crippen molar-refractivity contribution in [1.82, 2.24) is 15.1 Å². The first-order chi connectivity index (χ1) is 7.20. The molecule has 1 aromatic rings. The number of carbonyl (C=O) groups is 1. The molecule has 1 rings (SSSR count). The molecule has 0 saturated carbocycles. The van der Waals surface area contributed by atoms with Crippen LogP contribution in [0.25, 0.3) is 0 Å². The summed E-state index contributed by atoms with van der Waals surface area (Å²) >= 11 is 0. The fraction of sp³-hybridized carbons (Fsp3) is 0.500. The number of amides is 1. The summed E-state index contributed by atoms with van der Waals surface area (Å²) in [6.07, 6.45) is 1.32. The Morgan fingerprint density at radius 1 is 1.47 bits per heavy atom. The quantitative estimate of drug-likeness (QED) is 0.472. The van der Waals surface area contributed by atoms with Gasteiger partial charge in [-0.05, 0) is 0 Å². The van der Waals surface area contributed by atoms with Crippen LogP contribution in [0.2, 0.25) is 0 Å². The number of anilines is 1. The van der Waals surface area contributed by atoms with Gasteiger partial charge in [-0.1, -0.05) is 0 Å². The van der Waals surface area contributed by atoms with E-state index < -0.39 is 0 Å². The lowest BCUT2D eigenvalue weighted by atomic mass is 10.3. The first-order valence-corrected chi connectivity index (χ1v) is 4.50. The van der Waals surface area contributed by atoms with Gasteiger partial charge in [0.2, 0.25) is 0 Å². The molecule has 0 radical (unpaired) electrons. The van der Waals surface area contributed by atoms with Crippen LogP contribution in [0.15, 0.2) is 6.20 Å². The van der Waals surface area contributed by atoms with Gasteiger partial charge in [0.15, 0.2) is 0 Å². The van der Waals surface area contributed by atoms with Crippen LogP contribution in [-0.4, -0.2) is 57.5 Å². The van der Waals surface area contributed by atoms with Crippen molar-refractivity contribution in [3.8, 4) is 0 Å². The zero-order valence-electron chi connectivity index (χ0n) is 8.18. The second kappa shape index (κ2) is 5.32. The topological polar surface area (TPSA) is 115 Å². The standard InChI is InChI=1S/C8H14N4O3/c9-7-6(5-10-11-7)8(15)12(1-3-13)2-4-14/h5,13-14H,1-4H2,(H3,9,10,11). The Balaban J connectivity index is 2.76. The van der Waals surface area contributed by atoms with Gasteiger partial charge < -0.3 is 20.8 Å². The first kappa shape index (κ1) is 11.5. The molecule has 0 aliphatic heterocycles. The molecule has 1 aromatic heterocycles. The van der Waals surface area contributed by atoms with E-state index in [1.807, 2.05) is 0 Å². The number of nitrogen functional groups attached to an aromatic ring is 1. The third kappa shape index (κ3) is 2.67. The number of nitrogens with two attached hydrogens (primary N) is 1. The maximum Gasteiger partial charge on any atom is 0.259 e. The van der Waals surface area contributed by atoms with Gasteiger partial charge in [-0.3, -0.25) is 9.89 Å². The number of aliphatic hydroxyl groups excluding tert-OH is 2. The normalized spacial score (nSPS) is 10.3. The lowest BCUT2D eigenvalue weighted by molar-refractivity contribution is 0.0686. The van der Waals surface area contributed by atoms with Crippen molar-refractivity contribution in [3.05, 3.63) is 11.8 Å². The minimum atomic E-state index is -0.357. The van der Waals surface area contributed by atoms with E-state index in [1.54, 1.807) is 0 Å². The molecule has 0 unspecified atom stereocenters. The summed E-state index contributed by atoms with van der Waals surface area (Å²) in [6, 6.07) is 0. The second-order valence-electron chi connectivity index (χ2n) is 2.94. The highest BCUT2D eigenvalue weighted by Crippen LogP contribution is 2.09. The summed E-state index contributed by atoms with van der Waals surface area (Å²) in [6.45, 7) is -0.0129. The number of aliphatic hydroxyl groups is 2. The van der Waals surface area contributed by atoms with Gasteiger partial charge in [0, 0.05) is 13.1 Å². The number of hydrogen-bond acceptors (Lipinski definition) is 5. The van der Waals surface area contributed by atoms with Crippen LogP contribution < -0.4 is 5.73 Å². The molecule has 15 heavy (non-hydrogen) atoms. The molecule has 1 amide bonds. The van der Waals surface area contributed by atoms with Crippen LogP contribution in [0.1, 0.15) is 10.4 Å². The van der Waals surface area contributed by atoms with Crippen molar-refractivity contribution in [2.75, 3.05) is 32.0 Å². The Kier molecular flexibility index (Phi) is 4.07. The molecular weight excluding hydrogens is 200 g/mol. The Labute approximate surface area is 86.5 Å². The minimum Gasteiger partial charge on any atom is -0.395 e. The smallest absolute Gasteiger partial charge is 0.259 e. The van der Waals surface area contributed by atoms with E-state index in [0.29, 0.717) is 0 Å². The van der Waals surface area contributed by atoms with E-state index >= 15 is 0 Å². The highest BCUT2D eigenvalue weighted by molar-refractivity contribution is 5.98. The number of carbonyl (C=O) groups excluding carboxylic acids is 1. The van der Waals surface area contributed by atoms with Crippen LogP contribution >= 0.6 is 0 Å². The predicted octanol–water partition coefficient (Wildman–Crippen LogP) is -1.58. The maximum atomic E-state index is 11.8. The van der Waals surface area contributed by atoms with E-state index in [-0.39, 0.29) is 43.6 Å². The Bertz CT molecular complexity index is 319. The summed E-state index contributed by atoms with van der Waals surface area (Å²) in [5.74, 6) is -0.176. The molecule has 0 aliphatic rings. The van der Waals surface area contributed by atoms with Gasteiger partial charge in [0.25, 0.3) is 5.91 Å². The van der Waals surface area contributed by atoms with Gasteiger partial charge in [-0.15, -0.1) is 0 Å². The molecule has 1 heterocycles. The lowest BCUT2D eigenvalue weighted by Gasteiger charge is -2.19. The fourth-order valence-corrected chi connectivity index (χ4v) is 1.19. The summed E-state index contributed by atoms with van der Waals surface area (Å²) in [5, 5.41) is 23.6. The van der Waals surface area contributed by atoms with Crippen molar-refractivity contribution in [2.24, 2.45) is 0 Å². The Hall–Kier alpha value is -1.60. The van der Waals surface area contributed by atoms with Crippen LogP contribution in [0, 0.1) is 0 Å². The molecule has 7 heteroatoms. The van der Waals surface area contributed by atoms with Crippen molar-refractivity contribution < 1.29 is 15.0 Å². The van der Waals surface area contributed by atoms with Crippen molar-refractivity contribution in [2.45, 2.75) is 0 Å². The van der Waals surface area contributed by atoms with Crippen LogP contribution in [0.4, 0.5) is 5.82 Å². The third-order valence-corrected chi connectivity index (χ3v) is 1.93. The molecule has 0 aliphatic carbocycles. The minimum absolute atomic E-state index is 0.157. The zero-order valence-corrected chi connectivity index (χ0v) is 8.18. The highest BCUT2D eigenvalue weighted by atomic mass is 16.3. The summed E-state index contributed by atoms with van der Waals surface area (Å²) in [5.41, 5.74) is 5.73. The number of hydrogen-bond donors (Lipinski definition) is 4. The first-order valence-electron chi connectivity index (χ1n) is 4.50. The zero-order chi connectivity index (χ0) is 11.3. The van der Waals surface area contributed by atoms with Gasteiger partial charge in [-0.2, -0.15) is 5.10 Å². The third-order valence-electron chi connectivity index (χ3n) is 1.93. The number of nitrogens with zero attached hydrogens (tertiary/aromatic N) is 2. The van der Waals surface area contributed by atoms with E-state index in [9.17, 15) is 4.79 Å². The number of H-pyrrole nitrogens is 1. The molecule has 0 aromatic carbocycles. The Morgan fingerprint density at radius 3 is 2.47 bits per heavy atom. The molecule has 0 spiro atoms. The molecule has 0 fully saturated rings. The number of rotatable bonds is 5. The molecule has 84 valence electrons. The average molecular weight is 214 g/mol. The molecule has 0 atom stereocenters. The average Bonchev–Trinajstić information content (AvgIpc) is 2.63. The highest BCUT2D eigenvalue weighted by Gasteiger charge is 2.18. The second-order valence-corrected chi connectivity index (χ2v) is 2.94. The van der Waals surface area contributed by atoms with Gasteiger partial charge >= 0.3 is 0 Å².